The highest BCUT2D eigenvalue weighted by Gasteiger charge is 2.41. The Bertz CT molecular complexity index is 441. The molecule has 2 fully saturated rings. The molecule has 1 aromatic rings. The minimum atomic E-state index is 0.225. The average molecular weight is 263 g/mol. The Labute approximate surface area is 115 Å². The van der Waals surface area contributed by atoms with Gasteiger partial charge in [0.1, 0.15) is 5.82 Å². The first kappa shape index (κ1) is 13.1. The Kier molecular flexibility index (Phi) is 3.37. The van der Waals surface area contributed by atoms with E-state index in [1.807, 2.05) is 13.1 Å². The van der Waals surface area contributed by atoms with Gasteiger partial charge in [0.05, 0.1) is 17.9 Å². The molecule has 3 heterocycles. The van der Waals surface area contributed by atoms with Crippen LogP contribution in [0.5, 0.6) is 0 Å². The van der Waals surface area contributed by atoms with E-state index >= 15 is 0 Å². The van der Waals surface area contributed by atoms with Crippen molar-refractivity contribution < 1.29 is 0 Å². The summed E-state index contributed by atoms with van der Waals surface area (Å²) in [5.74, 6) is 7.52. The van der Waals surface area contributed by atoms with Gasteiger partial charge in [-0.2, -0.15) is 0 Å². The lowest BCUT2D eigenvalue weighted by Gasteiger charge is -2.39. The topological polar surface area (TPSA) is 59.1 Å². The van der Waals surface area contributed by atoms with E-state index in [9.17, 15) is 0 Å². The van der Waals surface area contributed by atoms with Crippen LogP contribution < -0.4 is 11.3 Å². The van der Waals surface area contributed by atoms with E-state index in [1.165, 1.54) is 31.4 Å². The van der Waals surface area contributed by atoms with Crippen molar-refractivity contribution in [2.45, 2.75) is 50.7 Å². The van der Waals surface area contributed by atoms with E-state index in [0.29, 0.717) is 5.92 Å². The molecular weight excluding hydrogens is 238 g/mol. The Balaban J connectivity index is 1.82. The molecule has 3 N–H and O–H groups in total. The second kappa shape index (κ2) is 4.89. The number of hydrogen-bond donors (Lipinski definition) is 2. The van der Waals surface area contributed by atoms with Crippen LogP contribution >= 0.6 is 0 Å². The minimum absolute atomic E-state index is 0.225. The molecule has 3 rings (SSSR count). The highest BCUT2D eigenvalue weighted by atomic mass is 15.3. The van der Waals surface area contributed by atoms with Gasteiger partial charge in [0, 0.05) is 19.1 Å². The molecule has 3 unspecified atom stereocenters. The van der Waals surface area contributed by atoms with Crippen LogP contribution in [0.2, 0.25) is 0 Å². The van der Waals surface area contributed by atoms with Crippen molar-refractivity contribution in [2.24, 2.45) is 18.8 Å². The van der Waals surface area contributed by atoms with Crippen LogP contribution in [0.3, 0.4) is 0 Å². The van der Waals surface area contributed by atoms with Crippen LogP contribution in [0.25, 0.3) is 0 Å². The third-order valence-corrected chi connectivity index (χ3v) is 5.36. The molecule has 0 aliphatic carbocycles. The Morgan fingerprint density at radius 3 is 2.42 bits per heavy atom. The van der Waals surface area contributed by atoms with Gasteiger partial charge in [-0.3, -0.25) is 11.3 Å². The Hall–Kier alpha value is -0.910. The second-order valence-electron chi connectivity index (χ2n) is 6.22. The van der Waals surface area contributed by atoms with Crippen LogP contribution in [0.1, 0.15) is 43.2 Å². The number of aromatic nitrogens is 2. The predicted molar refractivity (Wildman–Crippen MR) is 75.3 cm³/mol. The molecule has 106 valence electrons. The van der Waals surface area contributed by atoms with E-state index in [-0.39, 0.29) is 6.04 Å². The molecule has 1 aromatic heterocycles. The van der Waals surface area contributed by atoms with Crippen molar-refractivity contribution in [3.8, 4) is 0 Å². The fraction of sp³-hybridized carbons (Fsp3) is 0.786. The lowest BCUT2D eigenvalue weighted by Crippen LogP contribution is -2.45. The second-order valence-corrected chi connectivity index (χ2v) is 6.22. The van der Waals surface area contributed by atoms with Crippen molar-refractivity contribution >= 4 is 0 Å². The third kappa shape index (κ3) is 2.10. The molecule has 3 atom stereocenters. The Morgan fingerprint density at radius 1 is 1.32 bits per heavy atom. The van der Waals surface area contributed by atoms with Gasteiger partial charge in [0.2, 0.25) is 0 Å². The molecule has 2 aliphatic rings. The smallest absolute Gasteiger partial charge is 0.105 e. The minimum Gasteiger partial charge on any atom is -0.334 e. The van der Waals surface area contributed by atoms with Crippen LogP contribution in [0.15, 0.2) is 6.20 Å². The quantitative estimate of drug-likeness (QED) is 0.633. The summed E-state index contributed by atoms with van der Waals surface area (Å²) in [7, 11) is 4.35. The van der Waals surface area contributed by atoms with Crippen LogP contribution in [-0.4, -0.2) is 33.6 Å². The SMILES string of the molecule is Cc1ncc(C(NN)C2CC3CCC(C2)N3C)n1C. The molecule has 0 amide bonds. The van der Waals surface area contributed by atoms with Crippen molar-refractivity contribution in [3.63, 3.8) is 0 Å². The molecule has 2 bridgehead atoms. The summed E-state index contributed by atoms with van der Waals surface area (Å²) in [4.78, 5) is 6.97. The third-order valence-electron chi connectivity index (χ3n) is 5.36. The molecule has 0 radical (unpaired) electrons. The number of nitrogens with zero attached hydrogens (tertiary/aromatic N) is 3. The van der Waals surface area contributed by atoms with Gasteiger partial charge < -0.3 is 9.47 Å². The van der Waals surface area contributed by atoms with Crippen LogP contribution in [0.4, 0.5) is 0 Å². The fourth-order valence-electron chi connectivity index (χ4n) is 4.00. The predicted octanol–water partition coefficient (Wildman–Crippen LogP) is 1.11. The average Bonchev–Trinajstić information content (AvgIpc) is 2.81. The van der Waals surface area contributed by atoms with E-state index in [2.05, 4.69) is 34.0 Å². The standard InChI is InChI=1S/C14H25N5/c1-9-16-8-13(18(9)2)14(17-15)10-6-11-4-5-12(7-10)19(11)3/h8,10-12,14,17H,4-7,15H2,1-3H3. The number of nitrogens with one attached hydrogen (secondary N) is 1. The maximum atomic E-state index is 5.86. The highest BCUT2D eigenvalue weighted by molar-refractivity contribution is 5.12. The summed E-state index contributed by atoms with van der Waals surface area (Å²) < 4.78 is 2.16. The zero-order valence-electron chi connectivity index (χ0n) is 12.1. The molecule has 2 aliphatic heterocycles. The van der Waals surface area contributed by atoms with Crippen molar-refractivity contribution in [1.82, 2.24) is 19.9 Å². The molecule has 19 heavy (non-hydrogen) atoms. The number of rotatable bonds is 3. The molecule has 0 spiro atoms. The number of aryl methyl sites for hydroxylation is 1. The highest BCUT2D eigenvalue weighted by Crippen LogP contribution is 2.42. The first-order chi connectivity index (χ1) is 9.11. The van der Waals surface area contributed by atoms with E-state index in [4.69, 9.17) is 5.84 Å². The molecule has 2 saturated heterocycles. The van der Waals surface area contributed by atoms with Crippen LogP contribution in [-0.2, 0) is 7.05 Å². The summed E-state index contributed by atoms with van der Waals surface area (Å²) in [6.07, 6.45) is 7.15. The van der Waals surface area contributed by atoms with Gasteiger partial charge in [-0.1, -0.05) is 0 Å². The van der Waals surface area contributed by atoms with Gasteiger partial charge in [0.25, 0.3) is 0 Å². The summed E-state index contributed by atoms with van der Waals surface area (Å²) in [6.45, 7) is 2.04. The van der Waals surface area contributed by atoms with E-state index in [1.54, 1.807) is 0 Å². The van der Waals surface area contributed by atoms with Gasteiger partial charge in [-0.25, -0.2) is 4.98 Å². The van der Waals surface area contributed by atoms with Gasteiger partial charge in [0.15, 0.2) is 0 Å². The molecular formula is C14H25N5. The maximum absolute atomic E-state index is 5.86. The van der Waals surface area contributed by atoms with Crippen molar-refractivity contribution in [3.05, 3.63) is 17.7 Å². The monoisotopic (exact) mass is 263 g/mol. The zero-order chi connectivity index (χ0) is 13.6. The van der Waals surface area contributed by atoms with Crippen LogP contribution in [0, 0.1) is 12.8 Å². The number of nitrogens with two attached hydrogens (primary N) is 1. The normalized spacial score (nSPS) is 32.7. The number of fused-ring (bicyclic) bond motifs is 2. The molecule has 0 aromatic carbocycles. The van der Waals surface area contributed by atoms with E-state index in [0.717, 1.165) is 17.9 Å². The lowest BCUT2D eigenvalue weighted by atomic mass is 9.84. The van der Waals surface area contributed by atoms with Crippen molar-refractivity contribution in [2.75, 3.05) is 7.05 Å². The summed E-state index contributed by atoms with van der Waals surface area (Å²) in [5.41, 5.74) is 4.26. The number of hydrogen-bond acceptors (Lipinski definition) is 4. The van der Waals surface area contributed by atoms with Gasteiger partial charge in [-0.05, 0) is 45.6 Å². The first-order valence-electron chi connectivity index (χ1n) is 7.28. The zero-order valence-corrected chi connectivity index (χ0v) is 12.1. The number of imidazole rings is 1. The molecule has 0 saturated carbocycles. The Morgan fingerprint density at radius 2 is 1.95 bits per heavy atom. The summed E-state index contributed by atoms with van der Waals surface area (Å²) >= 11 is 0. The largest absolute Gasteiger partial charge is 0.334 e. The summed E-state index contributed by atoms with van der Waals surface area (Å²) in [6, 6.07) is 1.71. The summed E-state index contributed by atoms with van der Waals surface area (Å²) in [5, 5.41) is 0. The van der Waals surface area contributed by atoms with Crippen molar-refractivity contribution in [1.29, 1.82) is 0 Å². The molecule has 5 nitrogen and oxygen atoms in total. The number of piperidine rings is 1. The fourth-order valence-corrected chi connectivity index (χ4v) is 4.00. The first-order valence-corrected chi connectivity index (χ1v) is 7.28. The van der Waals surface area contributed by atoms with Gasteiger partial charge >= 0.3 is 0 Å². The number of hydrazine groups is 1. The maximum Gasteiger partial charge on any atom is 0.105 e. The lowest BCUT2D eigenvalue weighted by molar-refractivity contribution is 0.111. The van der Waals surface area contributed by atoms with Gasteiger partial charge in [-0.15, -0.1) is 0 Å². The van der Waals surface area contributed by atoms with E-state index < -0.39 is 0 Å². The molecule has 5 heteroatoms.